The predicted molar refractivity (Wildman–Crippen MR) is 89.5 cm³/mol. The summed E-state index contributed by atoms with van der Waals surface area (Å²) in [7, 11) is 1.53. The Morgan fingerprint density at radius 2 is 1.88 bits per heavy atom. The number of nitrogens with one attached hydrogen (secondary N) is 2. The van der Waals surface area contributed by atoms with Crippen LogP contribution in [0.2, 0.25) is 0 Å². The summed E-state index contributed by atoms with van der Waals surface area (Å²) in [5.41, 5.74) is 0.335. The minimum Gasteiger partial charge on any atom is -0.497 e. The normalized spacial score (nSPS) is 12.5. The van der Waals surface area contributed by atoms with Gasteiger partial charge < -0.3 is 15.4 Å². The van der Waals surface area contributed by atoms with Crippen LogP contribution in [0.5, 0.6) is 5.75 Å². The monoisotopic (exact) mass is 352 g/mol. The van der Waals surface area contributed by atoms with E-state index in [1.54, 1.807) is 37.3 Å². The summed E-state index contributed by atoms with van der Waals surface area (Å²) < 4.78 is 43.3. The number of methoxy groups -OCH3 is 1. The molecule has 0 aromatic heterocycles. The zero-order chi connectivity index (χ0) is 18.4. The highest BCUT2D eigenvalue weighted by atomic mass is 19.4. The van der Waals surface area contributed by atoms with Crippen LogP contribution in [0.4, 0.5) is 18.9 Å². The molecule has 0 saturated carbocycles. The third-order valence-corrected chi connectivity index (χ3v) is 3.64. The summed E-state index contributed by atoms with van der Waals surface area (Å²) in [4.78, 5) is 12.0. The van der Waals surface area contributed by atoms with Crippen LogP contribution in [0.3, 0.4) is 0 Å². The van der Waals surface area contributed by atoms with Gasteiger partial charge in [0.05, 0.1) is 19.2 Å². The van der Waals surface area contributed by atoms with Gasteiger partial charge in [-0.2, -0.15) is 13.2 Å². The number of benzene rings is 2. The smallest absolute Gasteiger partial charge is 0.416 e. The Hall–Kier alpha value is -2.54. The third-order valence-electron chi connectivity index (χ3n) is 3.64. The molecule has 4 nitrogen and oxygen atoms in total. The standard InChI is InChI=1S/C18H19F3N2O2/c1-12(13-5-3-6-14(9-13)18(19,20)21)22-11-17(24)23-15-7-4-8-16(10-15)25-2/h3-10,12,22H,11H2,1-2H3,(H,23,24)/t12-/m1/s1. The zero-order valence-corrected chi connectivity index (χ0v) is 13.9. The highest BCUT2D eigenvalue weighted by Crippen LogP contribution is 2.30. The second-order valence-electron chi connectivity index (χ2n) is 5.51. The molecule has 0 heterocycles. The lowest BCUT2D eigenvalue weighted by Gasteiger charge is -2.16. The Labute approximate surface area is 144 Å². The summed E-state index contributed by atoms with van der Waals surface area (Å²) in [6.07, 6.45) is -4.39. The fraction of sp³-hybridized carbons (Fsp3) is 0.278. The first-order valence-electron chi connectivity index (χ1n) is 7.64. The van der Waals surface area contributed by atoms with Crippen LogP contribution in [0.25, 0.3) is 0 Å². The van der Waals surface area contributed by atoms with Crippen molar-refractivity contribution in [2.45, 2.75) is 19.1 Å². The van der Waals surface area contributed by atoms with Crippen molar-refractivity contribution in [3.63, 3.8) is 0 Å². The van der Waals surface area contributed by atoms with Gasteiger partial charge in [0.1, 0.15) is 5.75 Å². The maximum absolute atomic E-state index is 12.8. The lowest BCUT2D eigenvalue weighted by atomic mass is 10.0. The first kappa shape index (κ1) is 18.8. The van der Waals surface area contributed by atoms with Crippen molar-refractivity contribution in [1.29, 1.82) is 0 Å². The molecule has 7 heteroatoms. The molecule has 1 amide bonds. The van der Waals surface area contributed by atoms with Gasteiger partial charge in [0.2, 0.25) is 5.91 Å². The number of carbonyl (C=O) groups is 1. The number of ether oxygens (including phenoxy) is 1. The van der Waals surface area contributed by atoms with Gasteiger partial charge in [0.15, 0.2) is 0 Å². The summed E-state index contributed by atoms with van der Waals surface area (Å²) in [6.45, 7) is 1.67. The van der Waals surface area contributed by atoms with Crippen molar-refractivity contribution in [3.8, 4) is 5.75 Å². The molecule has 0 spiro atoms. The first-order chi connectivity index (χ1) is 11.8. The number of alkyl halides is 3. The highest BCUT2D eigenvalue weighted by Gasteiger charge is 2.30. The van der Waals surface area contributed by atoms with Crippen LogP contribution in [0, 0.1) is 0 Å². The molecule has 0 saturated heterocycles. The number of halogens is 3. The largest absolute Gasteiger partial charge is 0.497 e. The Bertz CT molecular complexity index is 732. The van der Waals surface area contributed by atoms with Crippen LogP contribution in [-0.2, 0) is 11.0 Å². The fourth-order valence-corrected chi connectivity index (χ4v) is 2.25. The molecule has 2 N–H and O–H groups in total. The van der Waals surface area contributed by atoms with E-state index in [4.69, 9.17) is 4.74 Å². The van der Waals surface area contributed by atoms with Gasteiger partial charge in [-0.25, -0.2) is 0 Å². The molecule has 0 bridgehead atoms. The topological polar surface area (TPSA) is 50.4 Å². The van der Waals surface area contributed by atoms with E-state index in [1.807, 2.05) is 0 Å². The molecule has 0 aliphatic carbocycles. The van der Waals surface area contributed by atoms with E-state index < -0.39 is 17.8 Å². The van der Waals surface area contributed by atoms with Gasteiger partial charge >= 0.3 is 6.18 Å². The van der Waals surface area contributed by atoms with Crippen molar-refractivity contribution in [1.82, 2.24) is 5.32 Å². The summed E-state index contributed by atoms with van der Waals surface area (Å²) in [5.74, 6) is 0.315. The van der Waals surface area contributed by atoms with Crippen molar-refractivity contribution in [3.05, 3.63) is 59.7 Å². The molecule has 25 heavy (non-hydrogen) atoms. The third kappa shape index (κ3) is 5.49. The number of anilines is 1. The molecule has 0 radical (unpaired) electrons. The predicted octanol–water partition coefficient (Wildman–Crippen LogP) is 4.00. The van der Waals surface area contributed by atoms with E-state index in [2.05, 4.69) is 10.6 Å². The molecule has 1 atom stereocenters. The summed E-state index contributed by atoms with van der Waals surface area (Å²) in [5, 5.41) is 5.61. The highest BCUT2D eigenvalue weighted by molar-refractivity contribution is 5.92. The van der Waals surface area contributed by atoms with Crippen LogP contribution >= 0.6 is 0 Å². The molecule has 0 aliphatic rings. The number of carbonyl (C=O) groups excluding carboxylic acids is 1. The van der Waals surface area contributed by atoms with E-state index in [-0.39, 0.29) is 12.5 Å². The Morgan fingerprint density at radius 3 is 2.56 bits per heavy atom. The Kier molecular flexibility index (Phi) is 6.03. The van der Waals surface area contributed by atoms with Crippen molar-refractivity contribution in [2.24, 2.45) is 0 Å². The minimum absolute atomic E-state index is 0.0331. The maximum Gasteiger partial charge on any atom is 0.416 e. The molecule has 0 unspecified atom stereocenters. The van der Waals surface area contributed by atoms with Gasteiger partial charge in [-0.15, -0.1) is 0 Å². The van der Waals surface area contributed by atoms with Crippen molar-refractivity contribution in [2.75, 3.05) is 19.0 Å². The molecular weight excluding hydrogens is 333 g/mol. The number of rotatable bonds is 6. The molecule has 2 aromatic carbocycles. The van der Waals surface area contributed by atoms with E-state index in [1.165, 1.54) is 13.2 Å². The minimum atomic E-state index is -4.39. The first-order valence-corrected chi connectivity index (χ1v) is 7.64. The van der Waals surface area contributed by atoms with Crippen LogP contribution < -0.4 is 15.4 Å². The lowest BCUT2D eigenvalue weighted by Crippen LogP contribution is -2.30. The van der Waals surface area contributed by atoms with Crippen LogP contribution in [0.1, 0.15) is 24.1 Å². The van der Waals surface area contributed by atoms with E-state index >= 15 is 0 Å². The second-order valence-corrected chi connectivity index (χ2v) is 5.51. The van der Waals surface area contributed by atoms with Gasteiger partial charge in [-0.05, 0) is 36.8 Å². The lowest BCUT2D eigenvalue weighted by molar-refractivity contribution is -0.137. The maximum atomic E-state index is 12.8. The Morgan fingerprint density at radius 1 is 1.16 bits per heavy atom. The molecule has 2 aromatic rings. The van der Waals surface area contributed by atoms with E-state index in [9.17, 15) is 18.0 Å². The molecule has 2 rings (SSSR count). The Balaban J connectivity index is 1.93. The van der Waals surface area contributed by atoms with Crippen molar-refractivity contribution < 1.29 is 22.7 Å². The second kappa shape index (κ2) is 8.02. The van der Waals surface area contributed by atoms with Crippen LogP contribution in [-0.4, -0.2) is 19.6 Å². The average molecular weight is 352 g/mol. The van der Waals surface area contributed by atoms with Gasteiger partial charge in [0.25, 0.3) is 0 Å². The van der Waals surface area contributed by atoms with E-state index in [0.717, 1.165) is 12.1 Å². The fourth-order valence-electron chi connectivity index (χ4n) is 2.25. The average Bonchev–Trinajstić information content (AvgIpc) is 2.59. The van der Waals surface area contributed by atoms with Gasteiger partial charge in [-0.3, -0.25) is 4.79 Å². The van der Waals surface area contributed by atoms with Crippen LogP contribution in [0.15, 0.2) is 48.5 Å². The molecule has 134 valence electrons. The number of amides is 1. The summed E-state index contributed by atoms with van der Waals surface area (Å²) >= 11 is 0. The number of hydrogen-bond acceptors (Lipinski definition) is 3. The van der Waals surface area contributed by atoms with E-state index in [0.29, 0.717) is 17.0 Å². The number of hydrogen-bond donors (Lipinski definition) is 2. The van der Waals surface area contributed by atoms with Crippen molar-refractivity contribution >= 4 is 11.6 Å². The van der Waals surface area contributed by atoms with Gasteiger partial charge in [-0.1, -0.05) is 18.2 Å². The zero-order valence-electron chi connectivity index (χ0n) is 13.9. The molecule has 0 aliphatic heterocycles. The quantitative estimate of drug-likeness (QED) is 0.826. The van der Waals surface area contributed by atoms with Gasteiger partial charge in [0, 0.05) is 17.8 Å². The molecular formula is C18H19F3N2O2. The molecule has 0 fully saturated rings. The summed E-state index contributed by atoms with van der Waals surface area (Å²) in [6, 6.07) is 11.5. The SMILES string of the molecule is COc1cccc(NC(=O)CN[C@H](C)c2cccc(C(F)(F)F)c2)c1.